The number of amides is 1. The SMILES string of the molecule is CC(C)CC(=O)Nc1nc(Cl)ccc1[N+](=O)[O-]. The molecule has 0 radical (unpaired) electrons. The van der Waals surface area contributed by atoms with Crippen LogP contribution in [-0.2, 0) is 4.79 Å². The van der Waals surface area contributed by atoms with Gasteiger partial charge >= 0.3 is 5.69 Å². The molecule has 0 aliphatic heterocycles. The van der Waals surface area contributed by atoms with Crippen LogP contribution in [0.1, 0.15) is 20.3 Å². The third-order valence-corrected chi connectivity index (χ3v) is 2.10. The average Bonchev–Trinajstić information content (AvgIpc) is 2.15. The second-order valence-electron chi connectivity index (χ2n) is 3.90. The Balaban J connectivity index is 2.92. The van der Waals surface area contributed by atoms with Gasteiger partial charge in [0.15, 0.2) is 0 Å². The highest BCUT2D eigenvalue weighted by molar-refractivity contribution is 6.29. The molecule has 0 spiro atoms. The zero-order valence-electron chi connectivity index (χ0n) is 9.44. The van der Waals surface area contributed by atoms with E-state index in [0.717, 1.165) is 0 Å². The van der Waals surface area contributed by atoms with Crippen molar-refractivity contribution in [1.82, 2.24) is 4.98 Å². The summed E-state index contributed by atoms with van der Waals surface area (Å²) in [7, 11) is 0. The van der Waals surface area contributed by atoms with Crippen molar-refractivity contribution in [2.45, 2.75) is 20.3 Å². The monoisotopic (exact) mass is 257 g/mol. The normalized spacial score (nSPS) is 10.4. The van der Waals surface area contributed by atoms with Crippen LogP contribution in [0.5, 0.6) is 0 Å². The number of carbonyl (C=O) groups is 1. The van der Waals surface area contributed by atoms with Crippen molar-refractivity contribution in [3.8, 4) is 0 Å². The molecule has 1 heterocycles. The maximum Gasteiger partial charge on any atom is 0.311 e. The van der Waals surface area contributed by atoms with Gasteiger partial charge in [0.05, 0.1) is 4.92 Å². The molecule has 0 aromatic carbocycles. The lowest BCUT2D eigenvalue weighted by atomic mass is 10.1. The minimum atomic E-state index is -0.617. The zero-order valence-corrected chi connectivity index (χ0v) is 10.2. The minimum absolute atomic E-state index is 0.0930. The number of hydrogen-bond donors (Lipinski definition) is 1. The molecule has 0 fully saturated rings. The van der Waals surface area contributed by atoms with Gasteiger partial charge in [0.25, 0.3) is 0 Å². The van der Waals surface area contributed by atoms with Crippen molar-refractivity contribution in [2.24, 2.45) is 5.92 Å². The van der Waals surface area contributed by atoms with Gasteiger partial charge in [0, 0.05) is 12.5 Å². The Hall–Kier alpha value is -1.69. The quantitative estimate of drug-likeness (QED) is 0.510. The summed E-state index contributed by atoms with van der Waals surface area (Å²) in [6, 6.07) is 2.51. The van der Waals surface area contributed by atoms with Crippen LogP contribution in [0.25, 0.3) is 0 Å². The number of halogens is 1. The predicted molar refractivity (Wildman–Crippen MR) is 64.0 cm³/mol. The summed E-state index contributed by atoms with van der Waals surface area (Å²) in [5.74, 6) is -0.278. The molecule has 17 heavy (non-hydrogen) atoms. The molecule has 1 rings (SSSR count). The second-order valence-corrected chi connectivity index (χ2v) is 4.29. The highest BCUT2D eigenvalue weighted by atomic mass is 35.5. The van der Waals surface area contributed by atoms with Gasteiger partial charge in [-0.1, -0.05) is 25.4 Å². The topological polar surface area (TPSA) is 85.1 Å². The van der Waals surface area contributed by atoms with Crippen molar-refractivity contribution in [3.05, 3.63) is 27.4 Å². The summed E-state index contributed by atoms with van der Waals surface area (Å²) in [5, 5.41) is 13.2. The van der Waals surface area contributed by atoms with Gasteiger partial charge in [-0.25, -0.2) is 4.98 Å². The first-order valence-corrected chi connectivity index (χ1v) is 5.38. The number of nitrogens with zero attached hydrogens (tertiary/aromatic N) is 2. The lowest BCUT2D eigenvalue weighted by Gasteiger charge is -2.06. The van der Waals surface area contributed by atoms with Crippen molar-refractivity contribution < 1.29 is 9.72 Å². The molecule has 7 heteroatoms. The number of rotatable bonds is 4. The van der Waals surface area contributed by atoms with Crippen LogP contribution >= 0.6 is 11.6 Å². The summed E-state index contributed by atoms with van der Waals surface area (Å²) < 4.78 is 0. The van der Waals surface area contributed by atoms with Gasteiger partial charge in [-0.3, -0.25) is 14.9 Å². The molecule has 1 N–H and O–H groups in total. The number of nitrogens with one attached hydrogen (secondary N) is 1. The average molecular weight is 258 g/mol. The number of nitro groups is 1. The zero-order chi connectivity index (χ0) is 13.0. The Labute approximate surface area is 103 Å². The van der Waals surface area contributed by atoms with Gasteiger partial charge in [0.2, 0.25) is 11.7 Å². The van der Waals surface area contributed by atoms with E-state index in [9.17, 15) is 14.9 Å². The van der Waals surface area contributed by atoms with Crippen molar-refractivity contribution >= 4 is 29.0 Å². The molecule has 0 aliphatic rings. The Kier molecular flexibility index (Phi) is 4.39. The molecule has 0 unspecified atom stereocenters. The predicted octanol–water partition coefficient (Wildman–Crippen LogP) is 2.63. The van der Waals surface area contributed by atoms with Crippen LogP contribution in [0.4, 0.5) is 11.5 Å². The first kappa shape index (κ1) is 13.4. The summed E-state index contributed by atoms with van der Waals surface area (Å²) in [6.45, 7) is 3.75. The van der Waals surface area contributed by atoms with E-state index in [1.54, 1.807) is 0 Å². The lowest BCUT2D eigenvalue weighted by molar-refractivity contribution is -0.384. The smallest absolute Gasteiger partial charge is 0.305 e. The molecule has 1 amide bonds. The molecule has 1 aromatic heterocycles. The van der Waals surface area contributed by atoms with E-state index >= 15 is 0 Å². The number of carbonyl (C=O) groups excluding carboxylic acids is 1. The van der Waals surface area contributed by atoms with Crippen molar-refractivity contribution in [2.75, 3.05) is 5.32 Å². The van der Waals surface area contributed by atoms with Crippen LogP contribution in [0.15, 0.2) is 12.1 Å². The maximum absolute atomic E-state index is 11.5. The fraction of sp³-hybridized carbons (Fsp3) is 0.400. The van der Waals surface area contributed by atoms with Gasteiger partial charge in [-0.05, 0) is 12.0 Å². The summed E-state index contributed by atoms with van der Waals surface area (Å²) in [6.07, 6.45) is 0.269. The summed E-state index contributed by atoms with van der Waals surface area (Å²) in [4.78, 5) is 25.3. The Morgan fingerprint density at radius 1 is 1.59 bits per heavy atom. The standard InChI is InChI=1S/C10H12ClN3O3/c1-6(2)5-9(15)13-10-7(14(16)17)3-4-8(11)12-10/h3-4,6H,5H2,1-2H3,(H,12,13,15). The number of anilines is 1. The first-order valence-electron chi connectivity index (χ1n) is 5.01. The Morgan fingerprint density at radius 3 is 2.76 bits per heavy atom. The second kappa shape index (κ2) is 5.58. The Morgan fingerprint density at radius 2 is 2.24 bits per heavy atom. The molecular formula is C10H12ClN3O3. The highest BCUT2D eigenvalue weighted by Crippen LogP contribution is 2.24. The highest BCUT2D eigenvalue weighted by Gasteiger charge is 2.18. The largest absolute Gasteiger partial charge is 0.311 e. The molecule has 0 aliphatic carbocycles. The molecule has 0 saturated carbocycles. The third kappa shape index (κ3) is 3.99. The summed E-state index contributed by atoms with van der Waals surface area (Å²) >= 11 is 5.63. The lowest BCUT2D eigenvalue weighted by Crippen LogP contribution is -2.16. The van der Waals surface area contributed by atoms with Gasteiger partial charge in [0.1, 0.15) is 5.15 Å². The molecule has 1 aromatic rings. The molecule has 0 atom stereocenters. The molecule has 0 bridgehead atoms. The fourth-order valence-corrected chi connectivity index (χ4v) is 1.37. The number of aromatic nitrogens is 1. The van der Waals surface area contributed by atoms with Crippen molar-refractivity contribution in [1.29, 1.82) is 0 Å². The van der Waals surface area contributed by atoms with Crippen molar-refractivity contribution in [3.63, 3.8) is 0 Å². The van der Waals surface area contributed by atoms with E-state index in [1.165, 1.54) is 12.1 Å². The van der Waals surface area contributed by atoms with Crippen LogP contribution < -0.4 is 5.32 Å². The number of pyridine rings is 1. The maximum atomic E-state index is 11.5. The van der Waals surface area contributed by atoms with Crippen LogP contribution in [0, 0.1) is 16.0 Å². The molecule has 0 saturated heterocycles. The fourth-order valence-electron chi connectivity index (χ4n) is 1.22. The summed E-state index contributed by atoms with van der Waals surface area (Å²) in [5.41, 5.74) is -0.272. The van der Waals surface area contributed by atoms with Crippen LogP contribution in [-0.4, -0.2) is 15.8 Å². The third-order valence-electron chi connectivity index (χ3n) is 1.89. The van der Waals surface area contributed by atoms with Gasteiger partial charge in [-0.2, -0.15) is 0 Å². The minimum Gasteiger partial charge on any atom is -0.305 e. The van der Waals surface area contributed by atoms with Gasteiger partial charge in [-0.15, -0.1) is 0 Å². The molecule has 6 nitrogen and oxygen atoms in total. The molecule has 92 valence electrons. The van der Waals surface area contributed by atoms with E-state index in [-0.39, 0.29) is 34.9 Å². The van der Waals surface area contributed by atoms with Gasteiger partial charge < -0.3 is 5.32 Å². The Bertz CT molecular complexity index is 448. The van der Waals surface area contributed by atoms with Crippen LogP contribution in [0.2, 0.25) is 5.15 Å². The number of hydrogen-bond acceptors (Lipinski definition) is 4. The van der Waals surface area contributed by atoms with E-state index in [4.69, 9.17) is 11.6 Å². The van der Waals surface area contributed by atoms with Crippen LogP contribution in [0.3, 0.4) is 0 Å². The van der Waals surface area contributed by atoms with E-state index in [0.29, 0.717) is 0 Å². The van der Waals surface area contributed by atoms with E-state index in [1.807, 2.05) is 13.8 Å². The van der Waals surface area contributed by atoms with E-state index in [2.05, 4.69) is 10.3 Å². The molecular weight excluding hydrogens is 246 g/mol. The first-order chi connectivity index (χ1) is 7.90. The van der Waals surface area contributed by atoms with E-state index < -0.39 is 4.92 Å².